The third kappa shape index (κ3) is 3.90. The van der Waals surface area contributed by atoms with Crippen LogP contribution in [0, 0.1) is 5.92 Å². The van der Waals surface area contributed by atoms with Gasteiger partial charge in [0.1, 0.15) is 24.1 Å². The van der Waals surface area contributed by atoms with Crippen molar-refractivity contribution < 1.29 is 24.2 Å². The fourth-order valence-corrected chi connectivity index (χ4v) is 2.77. The summed E-state index contributed by atoms with van der Waals surface area (Å²) in [5, 5.41) is 11.9. The Kier molecular flexibility index (Phi) is 4.87. The summed E-state index contributed by atoms with van der Waals surface area (Å²) in [6.07, 6.45) is 3.61. The number of hydrogen-bond acceptors (Lipinski definition) is 5. The van der Waals surface area contributed by atoms with E-state index in [1.807, 2.05) is 6.07 Å². The van der Waals surface area contributed by atoms with Crippen molar-refractivity contribution in [3.05, 3.63) is 42.0 Å². The summed E-state index contributed by atoms with van der Waals surface area (Å²) in [4.78, 5) is 30.6. The number of H-pyrrole nitrogens is 1. The fraction of sp³-hybridized carbons (Fsp3) is 0.353. The average molecular weight is 345 g/mol. The number of carbonyl (C=O) groups excluding carboxylic acids is 1. The second-order valence-electron chi connectivity index (χ2n) is 5.87. The number of amides is 1. The van der Waals surface area contributed by atoms with Gasteiger partial charge in [0.05, 0.1) is 19.4 Å². The van der Waals surface area contributed by atoms with Gasteiger partial charge in [-0.2, -0.15) is 0 Å². The predicted molar refractivity (Wildman–Crippen MR) is 87.5 cm³/mol. The highest BCUT2D eigenvalue weighted by Crippen LogP contribution is 2.30. The summed E-state index contributed by atoms with van der Waals surface area (Å²) in [5.74, 6) is -0.492. The van der Waals surface area contributed by atoms with E-state index in [-0.39, 0.29) is 18.9 Å². The first-order chi connectivity index (χ1) is 12.1. The molecule has 1 unspecified atom stereocenters. The summed E-state index contributed by atoms with van der Waals surface area (Å²) in [5.41, 5.74) is 1.51. The van der Waals surface area contributed by atoms with Gasteiger partial charge in [-0.25, -0.2) is 9.78 Å². The summed E-state index contributed by atoms with van der Waals surface area (Å²) >= 11 is 0. The van der Waals surface area contributed by atoms with E-state index in [1.54, 1.807) is 19.2 Å². The van der Waals surface area contributed by atoms with Gasteiger partial charge in [0, 0.05) is 18.3 Å². The molecule has 0 radical (unpaired) electrons. The van der Waals surface area contributed by atoms with Gasteiger partial charge in [0.25, 0.3) is 0 Å². The number of rotatable bonds is 6. The van der Waals surface area contributed by atoms with Gasteiger partial charge < -0.3 is 24.9 Å². The molecule has 1 aliphatic rings. The van der Waals surface area contributed by atoms with E-state index in [2.05, 4.69) is 15.3 Å². The van der Waals surface area contributed by atoms with Gasteiger partial charge in [-0.1, -0.05) is 0 Å². The monoisotopic (exact) mass is 345 g/mol. The second-order valence-corrected chi connectivity index (χ2v) is 5.87. The highest BCUT2D eigenvalue weighted by atomic mass is 16.5. The normalized spacial score (nSPS) is 17.1. The zero-order valence-corrected chi connectivity index (χ0v) is 13.7. The third-order valence-electron chi connectivity index (χ3n) is 4.14. The van der Waals surface area contributed by atoms with Crippen molar-refractivity contribution in [2.24, 2.45) is 5.92 Å². The minimum Gasteiger partial charge on any atom is -0.497 e. The average Bonchev–Trinajstić information content (AvgIpc) is 3.13. The molecule has 8 nitrogen and oxygen atoms in total. The SMILES string of the molecule is COc1ccc2c(c1)CC(C(=O)N[C@H](Cc1cnc[nH]1)C(=O)O)CO2. The molecule has 0 saturated carbocycles. The molecule has 132 valence electrons. The van der Waals surface area contributed by atoms with Crippen molar-refractivity contribution in [2.75, 3.05) is 13.7 Å². The number of aromatic amines is 1. The molecule has 0 spiro atoms. The molecule has 25 heavy (non-hydrogen) atoms. The van der Waals surface area contributed by atoms with E-state index in [0.29, 0.717) is 17.9 Å². The molecule has 0 saturated heterocycles. The number of benzene rings is 1. The molecule has 0 bridgehead atoms. The molecule has 0 aliphatic carbocycles. The Hall–Kier alpha value is -3.03. The number of imidazole rings is 1. The number of carbonyl (C=O) groups is 2. The molecule has 8 heteroatoms. The standard InChI is InChI=1S/C17H19N3O5/c1-24-13-2-3-15-10(5-13)4-11(8-25-15)16(21)20-14(17(22)23)6-12-7-18-9-19-12/h2-3,5,7,9,11,14H,4,6,8H2,1H3,(H,18,19)(H,20,21)(H,22,23)/t11?,14-/m1/s1. The third-order valence-corrected chi connectivity index (χ3v) is 4.14. The fourth-order valence-electron chi connectivity index (χ4n) is 2.77. The van der Waals surface area contributed by atoms with Crippen LogP contribution in [0.1, 0.15) is 11.3 Å². The van der Waals surface area contributed by atoms with Gasteiger partial charge in [0.15, 0.2) is 0 Å². The van der Waals surface area contributed by atoms with Crippen LogP contribution >= 0.6 is 0 Å². The van der Waals surface area contributed by atoms with Crippen molar-refractivity contribution in [2.45, 2.75) is 18.9 Å². The number of carboxylic acids is 1. The van der Waals surface area contributed by atoms with Crippen molar-refractivity contribution in [1.82, 2.24) is 15.3 Å². The number of fused-ring (bicyclic) bond motifs is 1. The minimum atomic E-state index is -1.10. The number of aromatic nitrogens is 2. The Labute approximate surface area is 144 Å². The molecule has 1 aromatic heterocycles. The largest absolute Gasteiger partial charge is 0.497 e. The van der Waals surface area contributed by atoms with Crippen LogP contribution in [0.2, 0.25) is 0 Å². The lowest BCUT2D eigenvalue weighted by atomic mass is 9.95. The number of hydrogen-bond donors (Lipinski definition) is 3. The number of aliphatic carboxylic acids is 1. The smallest absolute Gasteiger partial charge is 0.326 e. The Morgan fingerprint density at radius 1 is 1.52 bits per heavy atom. The first-order valence-electron chi connectivity index (χ1n) is 7.87. The Balaban J connectivity index is 1.66. The van der Waals surface area contributed by atoms with Crippen LogP contribution in [0.4, 0.5) is 0 Å². The van der Waals surface area contributed by atoms with Crippen LogP contribution in [-0.4, -0.2) is 46.7 Å². The number of methoxy groups -OCH3 is 1. The zero-order chi connectivity index (χ0) is 17.8. The summed E-state index contributed by atoms with van der Waals surface area (Å²) < 4.78 is 10.8. The first kappa shape index (κ1) is 16.8. The van der Waals surface area contributed by atoms with Gasteiger partial charge in [-0.05, 0) is 30.2 Å². The van der Waals surface area contributed by atoms with E-state index in [0.717, 1.165) is 11.3 Å². The molecule has 0 fully saturated rings. The van der Waals surface area contributed by atoms with E-state index in [4.69, 9.17) is 9.47 Å². The van der Waals surface area contributed by atoms with Crippen molar-refractivity contribution >= 4 is 11.9 Å². The first-order valence-corrected chi connectivity index (χ1v) is 7.87. The van der Waals surface area contributed by atoms with Crippen LogP contribution in [0.15, 0.2) is 30.7 Å². The highest BCUT2D eigenvalue weighted by molar-refractivity contribution is 5.85. The lowest BCUT2D eigenvalue weighted by Crippen LogP contribution is -2.47. The molecule has 3 N–H and O–H groups in total. The van der Waals surface area contributed by atoms with Crippen LogP contribution in [0.5, 0.6) is 11.5 Å². The molecular weight excluding hydrogens is 326 g/mol. The van der Waals surface area contributed by atoms with Crippen molar-refractivity contribution in [3.63, 3.8) is 0 Å². The number of ether oxygens (including phenoxy) is 2. The van der Waals surface area contributed by atoms with Crippen LogP contribution in [0.25, 0.3) is 0 Å². The molecular formula is C17H19N3O5. The molecule has 2 aromatic rings. The van der Waals surface area contributed by atoms with E-state index in [9.17, 15) is 14.7 Å². The highest BCUT2D eigenvalue weighted by Gasteiger charge is 2.30. The van der Waals surface area contributed by atoms with Gasteiger partial charge >= 0.3 is 5.97 Å². The molecule has 2 atom stereocenters. The van der Waals surface area contributed by atoms with Crippen molar-refractivity contribution in [1.29, 1.82) is 0 Å². The second kappa shape index (κ2) is 7.25. The Morgan fingerprint density at radius 3 is 3.04 bits per heavy atom. The number of carboxylic acid groups (broad SMARTS) is 1. The Bertz CT molecular complexity index is 760. The van der Waals surface area contributed by atoms with E-state index >= 15 is 0 Å². The van der Waals surface area contributed by atoms with Crippen LogP contribution < -0.4 is 14.8 Å². The topological polar surface area (TPSA) is 114 Å². The molecule has 1 aliphatic heterocycles. The lowest BCUT2D eigenvalue weighted by molar-refractivity contribution is -0.142. The van der Waals surface area contributed by atoms with Gasteiger partial charge in [-0.3, -0.25) is 4.79 Å². The summed E-state index contributed by atoms with van der Waals surface area (Å²) in [7, 11) is 1.57. The molecule has 3 rings (SSSR count). The quantitative estimate of drug-likeness (QED) is 0.713. The predicted octanol–water partition coefficient (Wildman–Crippen LogP) is 0.781. The number of nitrogens with one attached hydrogen (secondary N) is 2. The minimum absolute atomic E-state index is 0.138. The van der Waals surface area contributed by atoms with Crippen molar-refractivity contribution in [3.8, 4) is 11.5 Å². The van der Waals surface area contributed by atoms with Crippen LogP contribution in [-0.2, 0) is 22.4 Å². The maximum atomic E-state index is 12.5. The van der Waals surface area contributed by atoms with Gasteiger partial charge in [0.2, 0.25) is 5.91 Å². The Morgan fingerprint density at radius 2 is 2.36 bits per heavy atom. The maximum absolute atomic E-state index is 12.5. The van der Waals surface area contributed by atoms with Crippen LogP contribution in [0.3, 0.4) is 0 Å². The molecule has 1 aromatic carbocycles. The summed E-state index contributed by atoms with van der Waals surface area (Å²) in [6.45, 7) is 0.210. The maximum Gasteiger partial charge on any atom is 0.326 e. The van der Waals surface area contributed by atoms with Gasteiger partial charge in [-0.15, -0.1) is 0 Å². The lowest BCUT2D eigenvalue weighted by Gasteiger charge is -2.26. The molecule has 1 amide bonds. The number of nitrogens with zero attached hydrogens (tertiary/aromatic N) is 1. The van der Waals surface area contributed by atoms with E-state index in [1.165, 1.54) is 12.5 Å². The van der Waals surface area contributed by atoms with E-state index < -0.39 is 17.9 Å². The molecule has 2 heterocycles. The summed E-state index contributed by atoms with van der Waals surface area (Å²) in [6, 6.07) is 4.40. The zero-order valence-electron chi connectivity index (χ0n) is 13.7.